The van der Waals surface area contributed by atoms with Crippen molar-refractivity contribution < 1.29 is 18.3 Å². The Labute approximate surface area is 135 Å². The molecule has 0 saturated carbocycles. The van der Waals surface area contributed by atoms with Gasteiger partial charge in [0.15, 0.2) is 11.6 Å². The highest BCUT2D eigenvalue weighted by Crippen LogP contribution is 2.36. The quantitative estimate of drug-likeness (QED) is 0.854. The average Bonchev–Trinajstić information content (AvgIpc) is 2.47. The summed E-state index contributed by atoms with van der Waals surface area (Å²) in [6.45, 7) is 2.78. The first-order valence-corrected chi connectivity index (χ1v) is 7.92. The lowest BCUT2D eigenvalue weighted by atomic mass is 9.82. The molecule has 1 atom stereocenters. The number of halogens is 2. The number of hydrogen-bond donors (Lipinski definition) is 0. The third kappa shape index (κ3) is 3.38. The van der Waals surface area contributed by atoms with Crippen molar-refractivity contribution in [1.29, 1.82) is 0 Å². The molecule has 2 fully saturated rings. The van der Waals surface area contributed by atoms with Gasteiger partial charge in [0, 0.05) is 12.1 Å². The summed E-state index contributed by atoms with van der Waals surface area (Å²) in [5.41, 5.74) is -0.0584. The minimum absolute atomic E-state index is 0.181. The maximum Gasteiger partial charge on any atom is 0.254 e. The molecule has 0 bridgehead atoms. The van der Waals surface area contributed by atoms with Crippen LogP contribution in [0.1, 0.15) is 23.2 Å². The molecule has 4 nitrogen and oxygen atoms in total. The SMILES string of the molecule is CN(C)C[C@@H]1CCC2(CN(C(=O)c3ccc(F)c(F)c3)C2)OC1. The highest BCUT2D eigenvalue weighted by molar-refractivity contribution is 5.95. The van der Waals surface area contributed by atoms with Gasteiger partial charge in [-0.15, -0.1) is 0 Å². The highest BCUT2D eigenvalue weighted by Gasteiger charge is 2.48. The summed E-state index contributed by atoms with van der Waals surface area (Å²) in [6.07, 6.45) is 2.03. The predicted molar refractivity (Wildman–Crippen MR) is 82.2 cm³/mol. The van der Waals surface area contributed by atoms with Crippen LogP contribution in [0.2, 0.25) is 0 Å². The normalized spacial score (nSPS) is 23.2. The van der Waals surface area contributed by atoms with Crippen molar-refractivity contribution in [3.63, 3.8) is 0 Å². The Kier molecular flexibility index (Phi) is 4.38. The van der Waals surface area contributed by atoms with E-state index in [2.05, 4.69) is 19.0 Å². The van der Waals surface area contributed by atoms with Crippen LogP contribution in [0, 0.1) is 17.6 Å². The first-order chi connectivity index (χ1) is 10.9. The third-order valence-corrected chi connectivity index (χ3v) is 4.67. The van der Waals surface area contributed by atoms with Crippen molar-refractivity contribution >= 4 is 5.91 Å². The van der Waals surface area contributed by atoms with E-state index >= 15 is 0 Å². The first-order valence-electron chi connectivity index (χ1n) is 7.92. The molecule has 2 saturated heterocycles. The van der Waals surface area contributed by atoms with E-state index in [0.717, 1.165) is 31.5 Å². The molecule has 0 radical (unpaired) electrons. The fraction of sp³-hybridized carbons (Fsp3) is 0.588. The van der Waals surface area contributed by atoms with Crippen LogP contribution in [0.25, 0.3) is 0 Å². The van der Waals surface area contributed by atoms with Crippen LogP contribution < -0.4 is 0 Å². The van der Waals surface area contributed by atoms with Crippen molar-refractivity contribution in [2.75, 3.05) is 40.3 Å². The Balaban J connectivity index is 1.54. The van der Waals surface area contributed by atoms with Gasteiger partial charge in [0.25, 0.3) is 5.91 Å². The molecule has 1 aromatic carbocycles. The van der Waals surface area contributed by atoms with Crippen molar-refractivity contribution in [1.82, 2.24) is 9.80 Å². The zero-order valence-corrected chi connectivity index (χ0v) is 13.5. The second-order valence-electron chi connectivity index (χ2n) is 6.95. The topological polar surface area (TPSA) is 32.8 Å². The van der Waals surface area contributed by atoms with E-state index in [1.54, 1.807) is 4.90 Å². The van der Waals surface area contributed by atoms with Gasteiger partial charge >= 0.3 is 0 Å². The lowest BCUT2D eigenvalue weighted by molar-refractivity contribution is -0.168. The van der Waals surface area contributed by atoms with Crippen molar-refractivity contribution in [3.8, 4) is 0 Å². The molecule has 1 amide bonds. The zero-order chi connectivity index (χ0) is 16.6. The second-order valence-corrected chi connectivity index (χ2v) is 6.95. The van der Waals surface area contributed by atoms with Crippen LogP contribution in [0.5, 0.6) is 0 Å². The molecule has 1 aromatic rings. The van der Waals surface area contributed by atoms with Crippen LogP contribution in [0.15, 0.2) is 18.2 Å². The summed E-state index contributed by atoms with van der Waals surface area (Å²) in [5.74, 6) is -1.67. The average molecular weight is 324 g/mol. The van der Waals surface area contributed by atoms with Crippen LogP contribution in [0.3, 0.4) is 0 Å². The van der Waals surface area contributed by atoms with Crippen molar-refractivity contribution in [2.45, 2.75) is 18.4 Å². The van der Waals surface area contributed by atoms with Crippen LogP contribution in [0.4, 0.5) is 8.78 Å². The largest absolute Gasteiger partial charge is 0.371 e. The van der Waals surface area contributed by atoms with E-state index in [4.69, 9.17) is 4.74 Å². The van der Waals surface area contributed by atoms with Crippen molar-refractivity contribution in [2.24, 2.45) is 5.92 Å². The van der Waals surface area contributed by atoms with Crippen LogP contribution in [-0.2, 0) is 4.74 Å². The number of carbonyl (C=O) groups is 1. The molecule has 2 aliphatic rings. The minimum atomic E-state index is -0.994. The number of benzene rings is 1. The van der Waals surface area contributed by atoms with E-state index in [1.165, 1.54) is 6.07 Å². The molecule has 126 valence electrons. The van der Waals surface area contributed by atoms with Gasteiger partial charge in [-0.1, -0.05) is 0 Å². The van der Waals surface area contributed by atoms with Gasteiger partial charge in [-0.2, -0.15) is 0 Å². The fourth-order valence-electron chi connectivity index (χ4n) is 3.43. The molecule has 1 spiro atoms. The van der Waals surface area contributed by atoms with E-state index in [9.17, 15) is 13.6 Å². The number of ether oxygens (including phenoxy) is 1. The fourth-order valence-corrected chi connectivity index (χ4v) is 3.43. The molecule has 23 heavy (non-hydrogen) atoms. The maximum atomic E-state index is 13.2. The van der Waals surface area contributed by atoms with Gasteiger partial charge in [-0.3, -0.25) is 4.79 Å². The number of likely N-dealkylation sites (tertiary alicyclic amines) is 1. The summed E-state index contributed by atoms with van der Waals surface area (Å²) in [4.78, 5) is 16.1. The Hall–Kier alpha value is -1.53. The maximum absolute atomic E-state index is 13.2. The molecule has 0 aromatic heterocycles. The summed E-state index contributed by atoms with van der Waals surface area (Å²) in [7, 11) is 4.10. The van der Waals surface area contributed by atoms with E-state index in [1.807, 2.05) is 0 Å². The van der Waals surface area contributed by atoms with Crippen LogP contribution >= 0.6 is 0 Å². The smallest absolute Gasteiger partial charge is 0.254 e. The van der Waals surface area contributed by atoms with Gasteiger partial charge in [-0.05, 0) is 51.1 Å². The second kappa shape index (κ2) is 6.17. The molecule has 0 aliphatic carbocycles. The Morgan fingerprint density at radius 3 is 2.65 bits per heavy atom. The zero-order valence-electron chi connectivity index (χ0n) is 13.5. The van der Waals surface area contributed by atoms with Gasteiger partial charge in [0.2, 0.25) is 0 Å². The number of rotatable bonds is 3. The van der Waals surface area contributed by atoms with Gasteiger partial charge < -0.3 is 14.5 Å². The number of hydrogen-bond acceptors (Lipinski definition) is 3. The first kappa shape index (κ1) is 16.3. The summed E-state index contributed by atoms with van der Waals surface area (Å²) in [5, 5.41) is 0. The predicted octanol–water partition coefficient (Wildman–Crippen LogP) is 2.15. The molecular weight excluding hydrogens is 302 g/mol. The minimum Gasteiger partial charge on any atom is -0.371 e. The highest BCUT2D eigenvalue weighted by atomic mass is 19.2. The standard InChI is InChI=1S/C17H22F2N2O2/c1-20(2)8-12-5-6-17(23-9-12)10-21(11-17)16(22)13-3-4-14(18)15(19)7-13/h3-4,7,12H,5-6,8-11H2,1-2H3/t12-/m0/s1. The van der Waals surface area contributed by atoms with E-state index in [0.29, 0.717) is 25.6 Å². The number of carbonyl (C=O) groups excluding carboxylic acids is 1. The van der Waals surface area contributed by atoms with Gasteiger partial charge in [0.05, 0.1) is 19.7 Å². The van der Waals surface area contributed by atoms with E-state index in [-0.39, 0.29) is 17.1 Å². The van der Waals surface area contributed by atoms with Crippen molar-refractivity contribution in [3.05, 3.63) is 35.4 Å². The molecule has 6 heteroatoms. The number of amides is 1. The third-order valence-electron chi connectivity index (χ3n) is 4.67. The molecular formula is C17H22F2N2O2. The van der Waals surface area contributed by atoms with Crippen LogP contribution in [-0.4, -0.2) is 61.6 Å². The Bertz CT molecular complexity index is 590. The monoisotopic (exact) mass is 324 g/mol. The lowest BCUT2D eigenvalue weighted by Gasteiger charge is -2.53. The van der Waals surface area contributed by atoms with E-state index < -0.39 is 11.6 Å². The Morgan fingerprint density at radius 1 is 1.35 bits per heavy atom. The molecule has 3 rings (SSSR count). The Morgan fingerprint density at radius 2 is 2.09 bits per heavy atom. The summed E-state index contributed by atoms with van der Waals surface area (Å²) in [6, 6.07) is 3.26. The molecule has 0 unspecified atom stereocenters. The molecule has 2 aliphatic heterocycles. The number of nitrogens with zero attached hydrogens (tertiary/aromatic N) is 2. The lowest BCUT2D eigenvalue weighted by Crippen LogP contribution is -2.66. The van der Waals surface area contributed by atoms with Gasteiger partial charge in [-0.25, -0.2) is 8.78 Å². The summed E-state index contributed by atoms with van der Waals surface area (Å²) < 4.78 is 32.2. The molecule has 2 heterocycles. The molecule has 0 N–H and O–H groups in total. The van der Waals surface area contributed by atoms with Gasteiger partial charge in [0.1, 0.15) is 5.60 Å². The summed E-state index contributed by atoms with van der Waals surface area (Å²) >= 11 is 0.